The zero-order chi connectivity index (χ0) is 13.5. The van der Waals surface area contributed by atoms with E-state index in [0.717, 1.165) is 5.56 Å². The molecule has 18 heavy (non-hydrogen) atoms. The topological polar surface area (TPSA) is 67.8 Å². The lowest BCUT2D eigenvalue weighted by Gasteiger charge is -2.14. The summed E-state index contributed by atoms with van der Waals surface area (Å²) >= 11 is 0. The number of hydrogen-bond donors (Lipinski definition) is 2. The highest BCUT2D eigenvalue weighted by atomic mass is 16.5. The van der Waals surface area contributed by atoms with Gasteiger partial charge >= 0.3 is 0 Å². The van der Waals surface area contributed by atoms with E-state index in [-0.39, 0.29) is 19.1 Å². The molecule has 2 N–H and O–H groups in total. The predicted octanol–water partition coefficient (Wildman–Crippen LogP) is 0.741. The van der Waals surface area contributed by atoms with Crippen LogP contribution in [0.3, 0.4) is 0 Å². The highest BCUT2D eigenvalue weighted by Crippen LogP contribution is 2.21. The van der Waals surface area contributed by atoms with Crippen LogP contribution in [0.4, 0.5) is 0 Å². The van der Waals surface area contributed by atoms with Crippen LogP contribution in [0, 0.1) is 6.92 Å². The Kier molecular flexibility index (Phi) is 5.61. The minimum absolute atomic E-state index is 0.143. The highest BCUT2D eigenvalue weighted by molar-refractivity contribution is 5.98. The van der Waals surface area contributed by atoms with Crippen LogP contribution in [0.25, 0.3) is 0 Å². The Morgan fingerprint density at radius 1 is 1.44 bits per heavy atom. The lowest BCUT2D eigenvalue weighted by atomic mass is 10.1. The molecular weight excluding hydrogens is 234 g/mol. The van der Waals surface area contributed by atoms with Gasteiger partial charge in [0.1, 0.15) is 5.75 Å². The molecule has 1 amide bonds. The van der Waals surface area contributed by atoms with Crippen molar-refractivity contribution < 1.29 is 19.4 Å². The third-order valence-electron chi connectivity index (χ3n) is 2.54. The van der Waals surface area contributed by atoms with Gasteiger partial charge in [-0.3, -0.25) is 4.79 Å². The average Bonchev–Trinajstić information content (AvgIpc) is 2.36. The minimum atomic E-state index is -0.714. The van der Waals surface area contributed by atoms with Gasteiger partial charge < -0.3 is 19.9 Å². The number of methoxy groups -OCH3 is 2. The van der Waals surface area contributed by atoms with Crippen molar-refractivity contribution in [3.63, 3.8) is 0 Å². The molecular formula is C13H19NO4. The quantitative estimate of drug-likeness (QED) is 0.784. The maximum atomic E-state index is 12.0. The van der Waals surface area contributed by atoms with Crippen molar-refractivity contribution in [1.82, 2.24) is 5.32 Å². The first-order chi connectivity index (χ1) is 8.60. The monoisotopic (exact) mass is 253 g/mol. The number of carbonyl (C=O) groups is 1. The molecule has 100 valence electrons. The molecule has 0 heterocycles. The first-order valence-corrected chi connectivity index (χ1v) is 5.69. The van der Waals surface area contributed by atoms with Gasteiger partial charge in [-0.05, 0) is 18.6 Å². The van der Waals surface area contributed by atoms with Crippen LogP contribution in [-0.2, 0) is 4.74 Å². The number of aliphatic hydroxyl groups is 1. The minimum Gasteiger partial charge on any atom is -0.496 e. The SMILES string of the molecule is COCC(O)CNC(=O)c1c(C)cccc1OC. The summed E-state index contributed by atoms with van der Waals surface area (Å²) in [5, 5.41) is 12.1. The van der Waals surface area contributed by atoms with E-state index in [1.165, 1.54) is 14.2 Å². The van der Waals surface area contributed by atoms with Crippen LogP contribution in [-0.4, -0.2) is 44.5 Å². The molecule has 0 saturated heterocycles. The Labute approximate surface area is 107 Å². The van der Waals surface area contributed by atoms with Crippen molar-refractivity contribution >= 4 is 5.91 Å². The van der Waals surface area contributed by atoms with E-state index in [1.54, 1.807) is 6.07 Å². The second-order valence-electron chi connectivity index (χ2n) is 3.97. The molecule has 0 fully saturated rings. The summed E-state index contributed by atoms with van der Waals surface area (Å²) in [6.45, 7) is 2.17. The second kappa shape index (κ2) is 6.98. The summed E-state index contributed by atoms with van der Waals surface area (Å²) in [5.74, 6) is 0.258. The van der Waals surface area contributed by atoms with Crippen molar-refractivity contribution in [2.45, 2.75) is 13.0 Å². The number of ether oxygens (including phenoxy) is 2. The largest absolute Gasteiger partial charge is 0.496 e. The van der Waals surface area contributed by atoms with E-state index >= 15 is 0 Å². The fourth-order valence-electron chi connectivity index (χ4n) is 1.65. The van der Waals surface area contributed by atoms with Gasteiger partial charge in [0.25, 0.3) is 5.91 Å². The summed E-state index contributed by atoms with van der Waals surface area (Å²) in [7, 11) is 3.01. The molecule has 1 aromatic rings. The number of rotatable bonds is 6. The standard InChI is InChI=1S/C13H19NO4/c1-9-5-4-6-11(18-3)12(9)13(16)14-7-10(15)8-17-2/h4-6,10,15H,7-8H2,1-3H3,(H,14,16). The fraction of sp³-hybridized carbons (Fsp3) is 0.462. The van der Waals surface area contributed by atoms with Gasteiger partial charge in [-0.1, -0.05) is 12.1 Å². The van der Waals surface area contributed by atoms with Crippen LogP contribution in [0.15, 0.2) is 18.2 Å². The molecule has 0 aliphatic carbocycles. The van der Waals surface area contributed by atoms with Crippen molar-refractivity contribution in [1.29, 1.82) is 0 Å². The van der Waals surface area contributed by atoms with E-state index in [4.69, 9.17) is 9.47 Å². The molecule has 0 radical (unpaired) electrons. The van der Waals surface area contributed by atoms with E-state index < -0.39 is 6.10 Å². The zero-order valence-electron chi connectivity index (χ0n) is 10.9. The fourth-order valence-corrected chi connectivity index (χ4v) is 1.65. The summed E-state index contributed by atoms with van der Waals surface area (Å²) in [6.07, 6.45) is -0.714. The molecule has 1 atom stereocenters. The van der Waals surface area contributed by atoms with Gasteiger partial charge in [0.05, 0.1) is 25.4 Å². The van der Waals surface area contributed by atoms with Gasteiger partial charge in [0, 0.05) is 13.7 Å². The number of benzene rings is 1. The number of hydrogen-bond acceptors (Lipinski definition) is 4. The Hall–Kier alpha value is -1.59. The van der Waals surface area contributed by atoms with Crippen LogP contribution in [0.1, 0.15) is 15.9 Å². The van der Waals surface area contributed by atoms with Crippen LogP contribution < -0.4 is 10.1 Å². The average molecular weight is 253 g/mol. The molecule has 0 aromatic heterocycles. The van der Waals surface area contributed by atoms with Gasteiger partial charge in [0.15, 0.2) is 0 Å². The maximum Gasteiger partial charge on any atom is 0.255 e. The Morgan fingerprint density at radius 3 is 2.78 bits per heavy atom. The number of amides is 1. The summed E-state index contributed by atoms with van der Waals surface area (Å²) in [5.41, 5.74) is 1.32. The summed E-state index contributed by atoms with van der Waals surface area (Å²) < 4.78 is 9.94. The van der Waals surface area contributed by atoms with Gasteiger partial charge in [0.2, 0.25) is 0 Å². The third kappa shape index (κ3) is 3.72. The smallest absolute Gasteiger partial charge is 0.255 e. The molecule has 5 nitrogen and oxygen atoms in total. The van der Waals surface area contributed by atoms with Crippen LogP contribution in [0.2, 0.25) is 0 Å². The van der Waals surface area contributed by atoms with Crippen molar-refractivity contribution in [3.05, 3.63) is 29.3 Å². The molecule has 0 bridgehead atoms. The van der Waals surface area contributed by atoms with E-state index in [9.17, 15) is 9.90 Å². The first-order valence-electron chi connectivity index (χ1n) is 5.69. The van der Waals surface area contributed by atoms with Crippen LogP contribution >= 0.6 is 0 Å². The molecule has 0 aliphatic heterocycles. The number of aryl methyl sites for hydroxylation is 1. The van der Waals surface area contributed by atoms with Gasteiger partial charge in [-0.2, -0.15) is 0 Å². The van der Waals surface area contributed by atoms with E-state index in [1.807, 2.05) is 19.1 Å². The number of nitrogens with one attached hydrogen (secondary N) is 1. The lowest BCUT2D eigenvalue weighted by Crippen LogP contribution is -2.34. The molecule has 5 heteroatoms. The second-order valence-corrected chi connectivity index (χ2v) is 3.97. The lowest BCUT2D eigenvalue weighted by molar-refractivity contribution is 0.0609. The third-order valence-corrected chi connectivity index (χ3v) is 2.54. The van der Waals surface area contributed by atoms with Crippen molar-refractivity contribution in [3.8, 4) is 5.75 Å². The van der Waals surface area contributed by atoms with Gasteiger partial charge in [-0.15, -0.1) is 0 Å². The molecule has 1 unspecified atom stereocenters. The molecule has 0 saturated carbocycles. The Morgan fingerprint density at radius 2 is 2.17 bits per heavy atom. The van der Waals surface area contributed by atoms with Gasteiger partial charge in [-0.25, -0.2) is 0 Å². The van der Waals surface area contributed by atoms with E-state index in [0.29, 0.717) is 11.3 Å². The van der Waals surface area contributed by atoms with E-state index in [2.05, 4.69) is 5.32 Å². The molecule has 0 aliphatic rings. The highest BCUT2D eigenvalue weighted by Gasteiger charge is 2.15. The van der Waals surface area contributed by atoms with Crippen molar-refractivity contribution in [2.24, 2.45) is 0 Å². The maximum absolute atomic E-state index is 12.0. The Bertz CT molecular complexity index is 406. The summed E-state index contributed by atoms with van der Waals surface area (Å²) in [4.78, 5) is 12.0. The number of carbonyl (C=O) groups excluding carboxylic acids is 1. The zero-order valence-corrected chi connectivity index (χ0v) is 10.9. The molecule has 1 rings (SSSR count). The molecule has 1 aromatic carbocycles. The first kappa shape index (κ1) is 14.5. The summed E-state index contributed by atoms with van der Waals surface area (Å²) in [6, 6.07) is 5.39. The number of aliphatic hydroxyl groups excluding tert-OH is 1. The van der Waals surface area contributed by atoms with Crippen molar-refractivity contribution in [2.75, 3.05) is 27.4 Å². The normalized spacial score (nSPS) is 12.0. The molecule has 0 spiro atoms. The predicted molar refractivity (Wildman–Crippen MR) is 67.9 cm³/mol. The van der Waals surface area contributed by atoms with Crippen LogP contribution in [0.5, 0.6) is 5.75 Å². The Balaban J connectivity index is 2.72.